The maximum Gasteiger partial charge on any atom is 0.303 e. The second-order valence-corrected chi connectivity index (χ2v) is 6.67. The average molecular weight is 352 g/mol. The van der Waals surface area contributed by atoms with E-state index in [1.54, 1.807) is 6.08 Å². The zero-order chi connectivity index (χ0) is 18.7. The van der Waals surface area contributed by atoms with Crippen molar-refractivity contribution in [1.82, 2.24) is 0 Å². The molecule has 5 heteroatoms. The van der Waals surface area contributed by atoms with Crippen LogP contribution in [0.4, 0.5) is 0 Å². The molecule has 5 atom stereocenters. The summed E-state index contributed by atoms with van der Waals surface area (Å²) in [5.74, 6) is -1.05. The number of allylic oxidation sites excluding steroid dienone is 3. The van der Waals surface area contributed by atoms with Gasteiger partial charge in [0.25, 0.3) is 0 Å². The van der Waals surface area contributed by atoms with Gasteiger partial charge in [-0.05, 0) is 38.0 Å². The minimum absolute atomic E-state index is 0.0830. The number of carboxylic acids is 1. The van der Waals surface area contributed by atoms with Gasteiger partial charge in [-0.3, -0.25) is 4.79 Å². The standard InChI is InChI=1S/C20H32O5/c1-2-3-6-9-15(21)12-13-17-16(18(22)14-19(17)23)10-7-4-5-8-11-20(24)25/h3-4,6-7,12-13,15-19,21-23H,2,5,8-11,14H2,1H3,(H,24,25)/t15?,16?,17-,18?,19?/m1/s1. The SMILES string of the molecule is CCC=CCC(O)C=C[C@H]1C(O)CC(O)C1CC=CCCCC(=O)O. The highest BCUT2D eigenvalue weighted by Crippen LogP contribution is 2.36. The van der Waals surface area contributed by atoms with Crippen molar-refractivity contribution in [2.24, 2.45) is 11.8 Å². The first-order valence-corrected chi connectivity index (χ1v) is 9.20. The molecular formula is C20H32O5. The summed E-state index contributed by atoms with van der Waals surface area (Å²) in [6, 6.07) is 0. The molecule has 0 heterocycles. The molecule has 1 aliphatic rings. The first-order valence-electron chi connectivity index (χ1n) is 9.20. The van der Waals surface area contributed by atoms with Gasteiger partial charge >= 0.3 is 5.97 Å². The highest BCUT2D eigenvalue weighted by atomic mass is 16.4. The molecule has 1 aliphatic carbocycles. The molecule has 1 fully saturated rings. The van der Waals surface area contributed by atoms with Crippen LogP contribution in [0.5, 0.6) is 0 Å². The Morgan fingerprint density at radius 3 is 2.60 bits per heavy atom. The molecule has 1 saturated carbocycles. The zero-order valence-electron chi connectivity index (χ0n) is 15.0. The minimum atomic E-state index is -0.791. The van der Waals surface area contributed by atoms with Gasteiger partial charge in [0.1, 0.15) is 0 Å². The van der Waals surface area contributed by atoms with Crippen molar-refractivity contribution in [3.63, 3.8) is 0 Å². The number of aliphatic hydroxyl groups is 3. The van der Waals surface area contributed by atoms with Crippen molar-refractivity contribution in [2.45, 2.75) is 70.2 Å². The monoisotopic (exact) mass is 352 g/mol. The van der Waals surface area contributed by atoms with Crippen molar-refractivity contribution in [3.8, 4) is 0 Å². The van der Waals surface area contributed by atoms with Crippen LogP contribution in [-0.4, -0.2) is 44.7 Å². The van der Waals surface area contributed by atoms with E-state index >= 15 is 0 Å². The minimum Gasteiger partial charge on any atom is -0.481 e. The van der Waals surface area contributed by atoms with Crippen molar-refractivity contribution in [1.29, 1.82) is 0 Å². The molecule has 4 N–H and O–H groups in total. The number of hydrogen-bond donors (Lipinski definition) is 4. The molecule has 0 aliphatic heterocycles. The number of aliphatic carboxylic acids is 1. The summed E-state index contributed by atoms with van der Waals surface area (Å²) >= 11 is 0. The van der Waals surface area contributed by atoms with E-state index in [2.05, 4.69) is 0 Å². The molecule has 25 heavy (non-hydrogen) atoms. The lowest BCUT2D eigenvalue weighted by atomic mass is 9.89. The Morgan fingerprint density at radius 1 is 1.16 bits per heavy atom. The summed E-state index contributed by atoms with van der Waals surface area (Å²) in [6.45, 7) is 2.04. The van der Waals surface area contributed by atoms with Crippen molar-refractivity contribution < 1.29 is 25.2 Å². The normalized spacial score (nSPS) is 28.5. The zero-order valence-corrected chi connectivity index (χ0v) is 15.0. The van der Waals surface area contributed by atoms with Gasteiger partial charge in [0.05, 0.1) is 18.3 Å². The maximum atomic E-state index is 10.5. The summed E-state index contributed by atoms with van der Waals surface area (Å²) in [5.41, 5.74) is 0. The summed E-state index contributed by atoms with van der Waals surface area (Å²) in [7, 11) is 0. The highest BCUT2D eigenvalue weighted by Gasteiger charge is 2.39. The van der Waals surface area contributed by atoms with Gasteiger partial charge in [-0.15, -0.1) is 0 Å². The smallest absolute Gasteiger partial charge is 0.303 e. The Kier molecular flexibility index (Phi) is 10.4. The quantitative estimate of drug-likeness (QED) is 0.339. The Labute approximate surface area is 150 Å². The molecule has 0 aromatic carbocycles. The third-order valence-corrected chi connectivity index (χ3v) is 4.59. The lowest BCUT2D eigenvalue weighted by Crippen LogP contribution is -2.20. The number of aliphatic hydroxyl groups excluding tert-OH is 3. The number of hydrogen-bond acceptors (Lipinski definition) is 4. The molecule has 1 rings (SSSR count). The van der Waals surface area contributed by atoms with Gasteiger partial charge < -0.3 is 20.4 Å². The molecule has 0 saturated heterocycles. The van der Waals surface area contributed by atoms with E-state index in [0.717, 1.165) is 6.42 Å². The highest BCUT2D eigenvalue weighted by molar-refractivity contribution is 5.66. The summed E-state index contributed by atoms with van der Waals surface area (Å²) in [4.78, 5) is 10.5. The summed E-state index contributed by atoms with van der Waals surface area (Å²) in [5, 5.41) is 38.9. The maximum absolute atomic E-state index is 10.5. The van der Waals surface area contributed by atoms with Crippen LogP contribution >= 0.6 is 0 Å². The van der Waals surface area contributed by atoms with Gasteiger partial charge in [-0.25, -0.2) is 0 Å². The third-order valence-electron chi connectivity index (χ3n) is 4.59. The van der Waals surface area contributed by atoms with Crippen LogP contribution in [0.1, 0.15) is 51.9 Å². The molecule has 0 aromatic rings. The van der Waals surface area contributed by atoms with E-state index in [0.29, 0.717) is 32.1 Å². The molecule has 5 nitrogen and oxygen atoms in total. The molecule has 0 spiro atoms. The van der Waals surface area contributed by atoms with Crippen LogP contribution in [0.2, 0.25) is 0 Å². The van der Waals surface area contributed by atoms with Crippen LogP contribution in [0.3, 0.4) is 0 Å². The molecule has 4 unspecified atom stereocenters. The first kappa shape index (κ1) is 21.6. The van der Waals surface area contributed by atoms with Gasteiger partial charge in [-0.1, -0.05) is 43.4 Å². The van der Waals surface area contributed by atoms with Crippen molar-refractivity contribution in [2.75, 3.05) is 0 Å². The predicted octanol–water partition coefficient (Wildman–Crippen LogP) is 2.82. The fraction of sp³-hybridized carbons (Fsp3) is 0.650. The topological polar surface area (TPSA) is 98.0 Å². The Bertz CT molecular complexity index is 469. The third kappa shape index (κ3) is 8.47. The second-order valence-electron chi connectivity index (χ2n) is 6.67. The molecule has 0 amide bonds. The fourth-order valence-electron chi connectivity index (χ4n) is 3.19. The molecular weight excluding hydrogens is 320 g/mol. The van der Waals surface area contributed by atoms with E-state index < -0.39 is 24.3 Å². The average Bonchev–Trinajstić information content (AvgIpc) is 2.82. The Balaban J connectivity index is 2.50. The van der Waals surface area contributed by atoms with E-state index in [4.69, 9.17) is 5.11 Å². The van der Waals surface area contributed by atoms with Crippen LogP contribution in [-0.2, 0) is 4.79 Å². The second kappa shape index (κ2) is 12.0. The number of unbranched alkanes of at least 4 members (excludes halogenated alkanes) is 1. The van der Waals surface area contributed by atoms with Crippen LogP contribution in [0.15, 0.2) is 36.5 Å². The Hall–Kier alpha value is -1.43. The molecule has 142 valence electrons. The van der Waals surface area contributed by atoms with E-state index in [1.165, 1.54) is 0 Å². The van der Waals surface area contributed by atoms with Gasteiger partial charge in [0, 0.05) is 18.8 Å². The molecule has 0 radical (unpaired) electrons. The first-order chi connectivity index (χ1) is 12.0. The van der Waals surface area contributed by atoms with Crippen LogP contribution in [0.25, 0.3) is 0 Å². The lowest BCUT2D eigenvalue weighted by molar-refractivity contribution is -0.137. The van der Waals surface area contributed by atoms with Crippen molar-refractivity contribution >= 4 is 5.97 Å². The fourth-order valence-corrected chi connectivity index (χ4v) is 3.19. The van der Waals surface area contributed by atoms with E-state index in [-0.39, 0.29) is 18.3 Å². The number of carboxylic acid groups (broad SMARTS) is 1. The number of rotatable bonds is 11. The largest absolute Gasteiger partial charge is 0.481 e. The molecule has 0 bridgehead atoms. The van der Waals surface area contributed by atoms with E-state index in [9.17, 15) is 20.1 Å². The number of carbonyl (C=O) groups is 1. The van der Waals surface area contributed by atoms with Crippen LogP contribution in [0, 0.1) is 11.8 Å². The van der Waals surface area contributed by atoms with Gasteiger partial charge in [0.15, 0.2) is 0 Å². The predicted molar refractivity (Wildman–Crippen MR) is 98.0 cm³/mol. The van der Waals surface area contributed by atoms with Crippen molar-refractivity contribution in [3.05, 3.63) is 36.5 Å². The summed E-state index contributed by atoms with van der Waals surface area (Å²) in [6.07, 6.45) is 13.5. The van der Waals surface area contributed by atoms with E-state index in [1.807, 2.05) is 37.3 Å². The molecule has 0 aromatic heterocycles. The van der Waals surface area contributed by atoms with Gasteiger partial charge in [-0.2, -0.15) is 0 Å². The Morgan fingerprint density at radius 2 is 1.92 bits per heavy atom. The summed E-state index contributed by atoms with van der Waals surface area (Å²) < 4.78 is 0. The van der Waals surface area contributed by atoms with Crippen LogP contribution < -0.4 is 0 Å². The lowest BCUT2D eigenvalue weighted by Gasteiger charge is -2.19. The van der Waals surface area contributed by atoms with Gasteiger partial charge in [0.2, 0.25) is 0 Å².